The van der Waals surface area contributed by atoms with Crippen LogP contribution in [-0.4, -0.2) is 64.2 Å². The first-order valence-electron chi connectivity index (χ1n) is 11.1. The average molecular weight is 466 g/mol. The fraction of sp³-hybridized carbons (Fsp3) is 0.375. The van der Waals surface area contributed by atoms with Gasteiger partial charge in [-0.25, -0.2) is 14.8 Å². The molecule has 1 amide bonds. The molecule has 4 rings (SSSR count). The second-order valence-corrected chi connectivity index (χ2v) is 8.02. The molecule has 10 nitrogen and oxygen atoms in total. The van der Waals surface area contributed by atoms with Crippen molar-refractivity contribution in [3.63, 3.8) is 0 Å². The number of benzene rings is 1. The predicted molar refractivity (Wildman–Crippen MR) is 122 cm³/mol. The SMILES string of the molecule is Cc1noc(C)c1COc1ccc(C(=O)OC(C)C(=O)N2CCN(c3ncccn3)CC2)cc1. The molecule has 1 fully saturated rings. The van der Waals surface area contributed by atoms with Gasteiger partial charge in [-0.15, -0.1) is 0 Å². The van der Waals surface area contributed by atoms with E-state index in [-0.39, 0.29) is 5.91 Å². The number of rotatable bonds is 7. The van der Waals surface area contributed by atoms with Crippen molar-refractivity contribution in [1.29, 1.82) is 0 Å². The fourth-order valence-corrected chi connectivity index (χ4v) is 3.67. The molecule has 178 valence electrons. The third-order valence-corrected chi connectivity index (χ3v) is 5.71. The minimum atomic E-state index is -0.887. The molecular weight excluding hydrogens is 438 g/mol. The van der Waals surface area contributed by atoms with Gasteiger partial charge in [0.15, 0.2) is 6.10 Å². The third kappa shape index (κ3) is 5.33. The summed E-state index contributed by atoms with van der Waals surface area (Å²) < 4.78 is 16.3. The molecule has 1 unspecified atom stereocenters. The predicted octanol–water partition coefficient (Wildman–Crippen LogP) is 2.55. The Hall–Kier alpha value is -3.95. The second kappa shape index (κ2) is 10.3. The number of carbonyl (C=O) groups is 2. The van der Waals surface area contributed by atoms with Gasteiger partial charge in [0, 0.05) is 38.6 Å². The van der Waals surface area contributed by atoms with Crippen LogP contribution >= 0.6 is 0 Å². The van der Waals surface area contributed by atoms with Gasteiger partial charge in [0.05, 0.1) is 16.8 Å². The second-order valence-electron chi connectivity index (χ2n) is 8.02. The zero-order valence-corrected chi connectivity index (χ0v) is 19.4. The molecular formula is C24H27N5O5. The van der Waals surface area contributed by atoms with Crippen LogP contribution in [0.15, 0.2) is 47.2 Å². The number of esters is 1. The van der Waals surface area contributed by atoms with E-state index >= 15 is 0 Å². The Balaban J connectivity index is 1.26. The molecule has 0 spiro atoms. The Bertz CT molecular complexity index is 1100. The lowest BCUT2D eigenvalue weighted by Gasteiger charge is -2.35. The van der Waals surface area contributed by atoms with Crippen molar-refractivity contribution in [2.75, 3.05) is 31.1 Å². The maximum absolute atomic E-state index is 12.8. The summed E-state index contributed by atoms with van der Waals surface area (Å²) in [5.74, 6) is 1.18. The number of piperazine rings is 1. The van der Waals surface area contributed by atoms with Crippen LogP contribution in [0.2, 0.25) is 0 Å². The van der Waals surface area contributed by atoms with E-state index in [1.807, 2.05) is 18.7 Å². The van der Waals surface area contributed by atoms with Crippen molar-refractivity contribution >= 4 is 17.8 Å². The van der Waals surface area contributed by atoms with Gasteiger partial charge in [-0.05, 0) is 51.1 Å². The van der Waals surface area contributed by atoms with E-state index in [0.717, 1.165) is 11.3 Å². The van der Waals surface area contributed by atoms with Crippen LogP contribution in [0.1, 0.15) is 34.3 Å². The van der Waals surface area contributed by atoms with Crippen LogP contribution in [0.4, 0.5) is 5.95 Å². The number of aromatic nitrogens is 3. The number of amides is 1. The van der Waals surface area contributed by atoms with Crippen LogP contribution in [0, 0.1) is 13.8 Å². The molecule has 1 saturated heterocycles. The van der Waals surface area contributed by atoms with Crippen molar-refractivity contribution in [1.82, 2.24) is 20.0 Å². The standard InChI is InChI=1S/C24H27N5O5/c1-16-21(17(2)34-27-16)15-32-20-7-5-19(6-8-20)23(31)33-18(3)22(30)28-11-13-29(14-12-28)24-25-9-4-10-26-24/h4-10,18H,11-15H2,1-3H3. The van der Waals surface area contributed by atoms with Gasteiger partial charge in [0.1, 0.15) is 18.1 Å². The molecule has 0 aliphatic carbocycles. The van der Waals surface area contributed by atoms with Gasteiger partial charge in [0.25, 0.3) is 5.91 Å². The summed E-state index contributed by atoms with van der Waals surface area (Å²) in [6, 6.07) is 8.36. The molecule has 1 aliphatic heterocycles. The van der Waals surface area contributed by atoms with E-state index < -0.39 is 12.1 Å². The van der Waals surface area contributed by atoms with E-state index in [1.54, 1.807) is 54.5 Å². The van der Waals surface area contributed by atoms with Crippen molar-refractivity contribution in [2.45, 2.75) is 33.5 Å². The van der Waals surface area contributed by atoms with Gasteiger partial charge in [-0.2, -0.15) is 0 Å². The molecule has 0 radical (unpaired) electrons. The van der Waals surface area contributed by atoms with E-state index in [0.29, 0.717) is 55.8 Å². The number of hydrogen-bond acceptors (Lipinski definition) is 9. The van der Waals surface area contributed by atoms with Crippen molar-refractivity contribution in [3.05, 3.63) is 65.3 Å². The van der Waals surface area contributed by atoms with E-state index in [1.165, 1.54) is 0 Å². The maximum Gasteiger partial charge on any atom is 0.338 e. The summed E-state index contributed by atoms with van der Waals surface area (Å²) in [7, 11) is 0. The molecule has 0 N–H and O–H groups in total. The van der Waals surface area contributed by atoms with Crippen LogP contribution in [0.5, 0.6) is 5.75 Å². The molecule has 1 atom stereocenters. The number of anilines is 1. The van der Waals surface area contributed by atoms with Crippen molar-refractivity contribution in [3.8, 4) is 5.75 Å². The minimum absolute atomic E-state index is 0.221. The highest BCUT2D eigenvalue weighted by molar-refractivity contribution is 5.92. The third-order valence-electron chi connectivity index (χ3n) is 5.71. The Kier molecular flexibility index (Phi) is 7.05. The minimum Gasteiger partial charge on any atom is -0.489 e. The molecule has 1 aromatic carbocycles. The summed E-state index contributed by atoms with van der Waals surface area (Å²) in [6.07, 6.45) is 2.50. The number of hydrogen-bond donors (Lipinski definition) is 0. The number of ether oxygens (including phenoxy) is 2. The molecule has 0 bridgehead atoms. The summed E-state index contributed by atoms with van der Waals surface area (Å²) in [6.45, 7) is 7.85. The first-order valence-corrected chi connectivity index (χ1v) is 11.1. The number of carbonyl (C=O) groups excluding carboxylic acids is 2. The summed E-state index contributed by atoms with van der Waals surface area (Å²) >= 11 is 0. The molecule has 3 heterocycles. The summed E-state index contributed by atoms with van der Waals surface area (Å²) in [4.78, 5) is 37.5. The molecule has 34 heavy (non-hydrogen) atoms. The smallest absolute Gasteiger partial charge is 0.338 e. The highest BCUT2D eigenvalue weighted by Crippen LogP contribution is 2.19. The number of nitrogens with zero attached hydrogens (tertiary/aromatic N) is 5. The van der Waals surface area contributed by atoms with Crippen LogP contribution in [0.3, 0.4) is 0 Å². The Morgan fingerprint density at radius 2 is 1.74 bits per heavy atom. The molecule has 2 aromatic heterocycles. The fourth-order valence-electron chi connectivity index (χ4n) is 3.67. The van der Waals surface area contributed by atoms with Gasteiger partial charge in [0.2, 0.25) is 5.95 Å². The van der Waals surface area contributed by atoms with E-state index in [4.69, 9.17) is 14.0 Å². The zero-order valence-electron chi connectivity index (χ0n) is 19.4. The van der Waals surface area contributed by atoms with Crippen LogP contribution < -0.4 is 9.64 Å². The van der Waals surface area contributed by atoms with Gasteiger partial charge >= 0.3 is 5.97 Å². The Labute approximate surface area is 197 Å². The highest BCUT2D eigenvalue weighted by Gasteiger charge is 2.28. The Morgan fingerprint density at radius 3 is 2.35 bits per heavy atom. The monoisotopic (exact) mass is 465 g/mol. The molecule has 10 heteroatoms. The normalized spacial score (nSPS) is 14.6. The molecule has 1 aliphatic rings. The van der Waals surface area contributed by atoms with E-state index in [2.05, 4.69) is 15.1 Å². The van der Waals surface area contributed by atoms with E-state index in [9.17, 15) is 9.59 Å². The average Bonchev–Trinajstić information content (AvgIpc) is 3.20. The Morgan fingerprint density at radius 1 is 1.06 bits per heavy atom. The summed E-state index contributed by atoms with van der Waals surface area (Å²) in [5, 5.41) is 3.90. The lowest BCUT2D eigenvalue weighted by Crippen LogP contribution is -2.52. The largest absolute Gasteiger partial charge is 0.489 e. The lowest BCUT2D eigenvalue weighted by molar-refractivity contribution is -0.140. The maximum atomic E-state index is 12.8. The first kappa shape index (κ1) is 23.2. The lowest BCUT2D eigenvalue weighted by atomic mass is 10.2. The zero-order chi connectivity index (χ0) is 24.1. The topological polar surface area (TPSA) is 111 Å². The van der Waals surface area contributed by atoms with Gasteiger partial charge in [-0.3, -0.25) is 4.79 Å². The highest BCUT2D eigenvalue weighted by atomic mass is 16.5. The molecule has 0 saturated carbocycles. The van der Waals surface area contributed by atoms with Crippen molar-refractivity contribution in [2.24, 2.45) is 0 Å². The van der Waals surface area contributed by atoms with Crippen LogP contribution in [0.25, 0.3) is 0 Å². The van der Waals surface area contributed by atoms with Crippen molar-refractivity contribution < 1.29 is 23.6 Å². The van der Waals surface area contributed by atoms with Crippen LogP contribution in [-0.2, 0) is 16.1 Å². The van der Waals surface area contributed by atoms with Gasteiger partial charge < -0.3 is 23.8 Å². The first-order chi connectivity index (χ1) is 16.4. The van der Waals surface area contributed by atoms with Gasteiger partial charge in [-0.1, -0.05) is 5.16 Å². The molecule has 3 aromatic rings. The number of aryl methyl sites for hydroxylation is 2. The summed E-state index contributed by atoms with van der Waals surface area (Å²) in [5.41, 5.74) is 2.02. The quantitative estimate of drug-likeness (QED) is 0.486.